The van der Waals surface area contributed by atoms with Crippen LogP contribution >= 0.6 is 15.9 Å². The molecule has 1 amide bonds. The van der Waals surface area contributed by atoms with E-state index in [4.69, 9.17) is 9.47 Å². The first-order chi connectivity index (χ1) is 8.65. The number of halogens is 1. The molecule has 1 N–H and O–H groups in total. The Balaban J connectivity index is 2.34. The Kier molecular flexibility index (Phi) is 6.75. The zero-order chi connectivity index (χ0) is 13.4. The van der Waals surface area contributed by atoms with E-state index in [0.29, 0.717) is 12.4 Å². The summed E-state index contributed by atoms with van der Waals surface area (Å²) < 4.78 is 11.4. The van der Waals surface area contributed by atoms with E-state index in [9.17, 15) is 4.79 Å². The SMILES string of the molecule is CCC(COC)NC(=O)COc1ccc(Br)cc1. The van der Waals surface area contributed by atoms with Crippen LogP contribution in [0.4, 0.5) is 0 Å². The van der Waals surface area contributed by atoms with Crippen molar-refractivity contribution in [1.29, 1.82) is 0 Å². The van der Waals surface area contributed by atoms with Crippen LogP contribution < -0.4 is 10.1 Å². The predicted molar refractivity (Wildman–Crippen MR) is 73.7 cm³/mol. The highest BCUT2D eigenvalue weighted by atomic mass is 79.9. The molecule has 0 aromatic heterocycles. The van der Waals surface area contributed by atoms with Gasteiger partial charge in [0.05, 0.1) is 12.6 Å². The van der Waals surface area contributed by atoms with E-state index in [1.165, 1.54) is 0 Å². The molecule has 0 heterocycles. The van der Waals surface area contributed by atoms with Crippen molar-refractivity contribution in [3.05, 3.63) is 28.7 Å². The molecule has 1 atom stereocenters. The van der Waals surface area contributed by atoms with Crippen LogP contribution in [0.1, 0.15) is 13.3 Å². The van der Waals surface area contributed by atoms with Crippen LogP contribution in [0.15, 0.2) is 28.7 Å². The van der Waals surface area contributed by atoms with Gasteiger partial charge in [0.15, 0.2) is 6.61 Å². The van der Waals surface area contributed by atoms with Crippen LogP contribution in [0.3, 0.4) is 0 Å². The number of benzene rings is 1. The number of carbonyl (C=O) groups is 1. The summed E-state index contributed by atoms with van der Waals surface area (Å²) in [6.07, 6.45) is 0.831. The Morgan fingerprint density at radius 3 is 2.61 bits per heavy atom. The van der Waals surface area contributed by atoms with Crippen molar-refractivity contribution in [2.45, 2.75) is 19.4 Å². The van der Waals surface area contributed by atoms with E-state index in [-0.39, 0.29) is 18.6 Å². The molecule has 1 aromatic rings. The van der Waals surface area contributed by atoms with Gasteiger partial charge < -0.3 is 14.8 Å². The number of methoxy groups -OCH3 is 1. The zero-order valence-corrected chi connectivity index (χ0v) is 12.2. The fraction of sp³-hybridized carbons (Fsp3) is 0.462. The second-order valence-electron chi connectivity index (χ2n) is 3.87. The van der Waals surface area contributed by atoms with E-state index in [2.05, 4.69) is 21.2 Å². The van der Waals surface area contributed by atoms with Gasteiger partial charge >= 0.3 is 0 Å². The van der Waals surface area contributed by atoms with Gasteiger partial charge in [-0.25, -0.2) is 0 Å². The smallest absolute Gasteiger partial charge is 0.258 e. The van der Waals surface area contributed by atoms with Crippen LogP contribution in [0, 0.1) is 0 Å². The van der Waals surface area contributed by atoms with Crippen LogP contribution in [0.2, 0.25) is 0 Å². The third-order valence-electron chi connectivity index (χ3n) is 2.41. The lowest BCUT2D eigenvalue weighted by molar-refractivity contribution is -0.124. The second-order valence-corrected chi connectivity index (χ2v) is 4.79. The fourth-order valence-electron chi connectivity index (χ4n) is 1.41. The molecule has 0 aliphatic rings. The molecule has 0 saturated carbocycles. The summed E-state index contributed by atoms with van der Waals surface area (Å²) in [6.45, 7) is 2.53. The van der Waals surface area contributed by atoms with Gasteiger partial charge in [0, 0.05) is 11.6 Å². The van der Waals surface area contributed by atoms with Crippen LogP contribution in [-0.4, -0.2) is 32.3 Å². The lowest BCUT2D eigenvalue weighted by Gasteiger charge is -2.16. The summed E-state index contributed by atoms with van der Waals surface area (Å²) in [4.78, 5) is 11.6. The third kappa shape index (κ3) is 5.51. The Labute approximate surface area is 116 Å². The van der Waals surface area contributed by atoms with Crippen molar-refractivity contribution in [1.82, 2.24) is 5.32 Å². The van der Waals surface area contributed by atoms with Crippen molar-refractivity contribution in [2.24, 2.45) is 0 Å². The van der Waals surface area contributed by atoms with E-state index < -0.39 is 0 Å². The van der Waals surface area contributed by atoms with Crippen LogP contribution in [-0.2, 0) is 9.53 Å². The number of ether oxygens (including phenoxy) is 2. The molecule has 0 radical (unpaired) electrons. The highest BCUT2D eigenvalue weighted by molar-refractivity contribution is 9.10. The number of nitrogens with one attached hydrogen (secondary N) is 1. The topological polar surface area (TPSA) is 47.6 Å². The lowest BCUT2D eigenvalue weighted by atomic mass is 10.2. The van der Waals surface area contributed by atoms with Gasteiger partial charge in [-0.3, -0.25) is 4.79 Å². The van der Waals surface area contributed by atoms with Crippen molar-refractivity contribution >= 4 is 21.8 Å². The van der Waals surface area contributed by atoms with Crippen molar-refractivity contribution in [2.75, 3.05) is 20.3 Å². The quantitative estimate of drug-likeness (QED) is 0.840. The first kappa shape index (κ1) is 15.0. The number of hydrogen-bond donors (Lipinski definition) is 1. The molecule has 1 aromatic carbocycles. The molecule has 0 aliphatic heterocycles. The average Bonchev–Trinajstić information content (AvgIpc) is 2.37. The zero-order valence-electron chi connectivity index (χ0n) is 10.6. The van der Waals surface area contributed by atoms with Crippen molar-refractivity contribution in [3.63, 3.8) is 0 Å². The largest absolute Gasteiger partial charge is 0.484 e. The van der Waals surface area contributed by atoms with E-state index in [0.717, 1.165) is 10.9 Å². The molecular formula is C13H18BrNO3. The molecule has 0 spiro atoms. The molecule has 0 fully saturated rings. The molecule has 5 heteroatoms. The molecule has 18 heavy (non-hydrogen) atoms. The molecule has 1 rings (SSSR count). The molecule has 0 saturated heterocycles. The summed E-state index contributed by atoms with van der Waals surface area (Å²) in [5.41, 5.74) is 0. The maximum absolute atomic E-state index is 11.6. The minimum Gasteiger partial charge on any atom is -0.484 e. The Morgan fingerprint density at radius 1 is 1.39 bits per heavy atom. The van der Waals surface area contributed by atoms with Crippen LogP contribution in [0.5, 0.6) is 5.75 Å². The summed E-state index contributed by atoms with van der Waals surface area (Å²) in [6, 6.07) is 7.39. The first-order valence-corrected chi connectivity index (χ1v) is 6.61. The van der Waals surface area contributed by atoms with Gasteiger partial charge in [-0.05, 0) is 30.7 Å². The fourth-order valence-corrected chi connectivity index (χ4v) is 1.68. The van der Waals surface area contributed by atoms with Gasteiger partial charge in [-0.2, -0.15) is 0 Å². The summed E-state index contributed by atoms with van der Waals surface area (Å²) >= 11 is 3.34. The monoisotopic (exact) mass is 315 g/mol. The number of rotatable bonds is 7. The number of amides is 1. The number of carbonyl (C=O) groups excluding carboxylic acids is 1. The molecule has 4 nitrogen and oxygen atoms in total. The normalized spacial score (nSPS) is 11.9. The summed E-state index contributed by atoms with van der Waals surface area (Å²) in [5.74, 6) is 0.537. The van der Waals surface area contributed by atoms with Gasteiger partial charge in [-0.1, -0.05) is 22.9 Å². The molecule has 0 bridgehead atoms. The predicted octanol–water partition coefficient (Wildman–Crippen LogP) is 2.37. The van der Waals surface area contributed by atoms with E-state index in [1.54, 1.807) is 7.11 Å². The standard InChI is InChI=1S/C13H18BrNO3/c1-3-11(8-17-2)15-13(16)9-18-12-6-4-10(14)5-7-12/h4-7,11H,3,8-9H2,1-2H3,(H,15,16). The maximum atomic E-state index is 11.6. The van der Waals surface area contributed by atoms with E-state index >= 15 is 0 Å². The average molecular weight is 316 g/mol. The summed E-state index contributed by atoms with van der Waals surface area (Å²) in [7, 11) is 1.62. The minimum atomic E-state index is -0.137. The minimum absolute atomic E-state index is 0.0157. The molecule has 1 unspecified atom stereocenters. The highest BCUT2D eigenvalue weighted by Crippen LogP contribution is 2.15. The Bertz CT molecular complexity index is 367. The van der Waals surface area contributed by atoms with Gasteiger partial charge in [-0.15, -0.1) is 0 Å². The van der Waals surface area contributed by atoms with E-state index in [1.807, 2.05) is 31.2 Å². The van der Waals surface area contributed by atoms with Gasteiger partial charge in [0.25, 0.3) is 5.91 Å². The number of hydrogen-bond acceptors (Lipinski definition) is 3. The first-order valence-electron chi connectivity index (χ1n) is 5.82. The second kappa shape index (κ2) is 8.11. The highest BCUT2D eigenvalue weighted by Gasteiger charge is 2.10. The van der Waals surface area contributed by atoms with Crippen molar-refractivity contribution < 1.29 is 14.3 Å². The van der Waals surface area contributed by atoms with Gasteiger partial charge in [0.1, 0.15) is 5.75 Å². The molecule has 100 valence electrons. The summed E-state index contributed by atoms with van der Waals surface area (Å²) in [5, 5.41) is 2.85. The Morgan fingerprint density at radius 2 is 2.06 bits per heavy atom. The van der Waals surface area contributed by atoms with Crippen molar-refractivity contribution in [3.8, 4) is 5.75 Å². The lowest BCUT2D eigenvalue weighted by Crippen LogP contribution is -2.40. The van der Waals surface area contributed by atoms with Crippen LogP contribution in [0.25, 0.3) is 0 Å². The third-order valence-corrected chi connectivity index (χ3v) is 2.94. The molecular weight excluding hydrogens is 298 g/mol. The maximum Gasteiger partial charge on any atom is 0.258 e. The Hall–Kier alpha value is -1.07. The van der Waals surface area contributed by atoms with Gasteiger partial charge in [0.2, 0.25) is 0 Å². The molecule has 0 aliphatic carbocycles.